The molecule has 2 rings (SSSR count). The molecule has 0 fully saturated rings. The molecule has 88 valence electrons. The van der Waals surface area contributed by atoms with Crippen molar-refractivity contribution in [2.24, 2.45) is 0 Å². The molecular formula is C14H15ClN2. The number of nitrogens with zero attached hydrogens (tertiary/aromatic N) is 2. The second-order valence-electron chi connectivity index (χ2n) is 4.13. The number of hydrogen-bond acceptors (Lipinski definition) is 2. The quantitative estimate of drug-likeness (QED) is 0.773. The molecule has 1 aromatic heterocycles. The molecule has 1 aromatic carbocycles. The first-order valence-corrected chi connectivity index (χ1v) is 6.08. The smallest absolute Gasteiger partial charge is 0.0641 e. The molecular weight excluding hydrogens is 232 g/mol. The van der Waals surface area contributed by atoms with Crippen molar-refractivity contribution in [3.8, 4) is 0 Å². The SMILES string of the molecule is Cc1cnc(C)c(CC(Cl)c2ccccc2)n1. The minimum Gasteiger partial charge on any atom is -0.258 e. The summed E-state index contributed by atoms with van der Waals surface area (Å²) in [6, 6.07) is 10.1. The van der Waals surface area contributed by atoms with Gasteiger partial charge in [-0.25, -0.2) is 0 Å². The van der Waals surface area contributed by atoms with Crippen LogP contribution in [0.3, 0.4) is 0 Å². The molecule has 2 nitrogen and oxygen atoms in total. The largest absolute Gasteiger partial charge is 0.258 e. The summed E-state index contributed by atoms with van der Waals surface area (Å²) in [6.45, 7) is 3.91. The summed E-state index contributed by atoms with van der Waals surface area (Å²) in [5.41, 5.74) is 3.99. The third-order valence-corrected chi connectivity index (χ3v) is 3.11. The number of hydrogen-bond donors (Lipinski definition) is 0. The average molecular weight is 247 g/mol. The van der Waals surface area contributed by atoms with Crippen LogP contribution >= 0.6 is 11.6 Å². The number of rotatable bonds is 3. The normalized spacial score (nSPS) is 12.4. The minimum atomic E-state index is -0.0500. The van der Waals surface area contributed by atoms with Gasteiger partial charge in [-0.05, 0) is 19.4 Å². The standard InChI is InChI=1S/C14H15ClN2/c1-10-9-16-11(2)14(17-10)8-13(15)12-6-4-3-5-7-12/h3-7,9,13H,8H2,1-2H3. The van der Waals surface area contributed by atoms with E-state index in [0.717, 1.165) is 22.6 Å². The maximum atomic E-state index is 6.40. The molecule has 1 heterocycles. The summed E-state index contributed by atoms with van der Waals surface area (Å²) in [7, 11) is 0. The van der Waals surface area contributed by atoms with Gasteiger partial charge in [0.05, 0.1) is 22.5 Å². The van der Waals surface area contributed by atoms with Crippen LogP contribution < -0.4 is 0 Å². The molecule has 0 aliphatic rings. The molecule has 0 aliphatic heterocycles. The van der Waals surface area contributed by atoms with Gasteiger partial charge in [0.15, 0.2) is 0 Å². The Morgan fingerprint density at radius 2 is 1.88 bits per heavy atom. The van der Waals surface area contributed by atoms with Crippen LogP contribution in [-0.2, 0) is 6.42 Å². The van der Waals surface area contributed by atoms with Crippen molar-refractivity contribution in [2.75, 3.05) is 0 Å². The van der Waals surface area contributed by atoms with Crippen LogP contribution in [0, 0.1) is 13.8 Å². The molecule has 0 spiro atoms. The van der Waals surface area contributed by atoms with Gasteiger partial charge in [-0.1, -0.05) is 30.3 Å². The molecule has 0 radical (unpaired) electrons. The fourth-order valence-corrected chi connectivity index (χ4v) is 2.02. The molecule has 1 unspecified atom stereocenters. The average Bonchev–Trinajstić information content (AvgIpc) is 2.35. The van der Waals surface area contributed by atoms with Crippen molar-refractivity contribution in [3.63, 3.8) is 0 Å². The first kappa shape index (κ1) is 12.1. The predicted molar refractivity (Wildman–Crippen MR) is 70.2 cm³/mol. The van der Waals surface area contributed by atoms with E-state index in [2.05, 4.69) is 9.97 Å². The Balaban J connectivity index is 2.18. The number of halogens is 1. The molecule has 3 heteroatoms. The van der Waals surface area contributed by atoms with Gasteiger partial charge in [-0.15, -0.1) is 11.6 Å². The van der Waals surface area contributed by atoms with Crippen LogP contribution in [0.4, 0.5) is 0 Å². The van der Waals surface area contributed by atoms with E-state index in [9.17, 15) is 0 Å². The van der Waals surface area contributed by atoms with Crippen molar-refractivity contribution in [1.82, 2.24) is 9.97 Å². The molecule has 0 saturated carbocycles. The minimum absolute atomic E-state index is 0.0500. The second kappa shape index (κ2) is 5.28. The van der Waals surface area contributed by atoms with Crippen molar-refractivity contribution < 1.29 is 0 Å². The highest BCUT2D eigenvalue weighted by molar-refractivity contribution is 6.20. The van der Waals surface area contributed by atoms with E-state index < -0.39 is 0 Å². The molecule has 1 atom stereocenters. The lowest BCUT2D eigenvalue weighted by molar-refractivity contribution is 0.840. The maximum absolute atomic E-state index is 6.40. The van der Waals surface area contributed by atoms with E-state index >= 15 is 0 Å². The maximum Gasteiger partial charge on any atom is 0.0641 e. The highest BCUT2D eigenvalue weighted by Gasteiger charge is 2.11. The summed E-state index contributed by atoms with van der Waals surface area (Å²) in [5.74, 6) is 0. The molecule has 0 amide bonds. The van der Waals surface area contributed by atoms with Crippen LogP contribution in [0.25, 0.3) is 0 Å². The third kappa shape index (κ3) is 3.04. The zero-order valence-corrected chi connectivity index (χ0v) is 10.8. The zero-order chi connectivity index (χ0) is 12.3. The summed E-state index contributed by atoms with van der Waals surface area (Å²) < 4.78 is 0. The topological polar surface area (TPSA) is 25.8 Å². The fourth-order valence-electron chi connectivity index (χ4n) is 1.73. The van der Waals surface area contributed by atoms with Crippen LogP contribution in [0.1, 0.15) is 28.0 Å². The van der Waals surface area contributed by atoms with Gasteiger partial charge in [0.25, 0.3) is 0 Å². The van der Waals surface area contributed by atoms with Crippen molar-refractivity contribution in [2.45, 2.75) is 25.6 Å². The van der Waals surface area contributed by atoms with Crippen LogP contribution in [0.15, 0.2) is 36.5 Å². The third-order valence-electron chi connectivity index (χ3n) is 2.71. The van der Waals surface area contributed by atoms with E-state index in [1.807, 2.05) is 44.2 Å². The van der Waals surface area contributed by atoms with E-state index in [1.165, 1.54) is 0 Å². The van der Waals surface area contributed by atoms with Crippen molar-refractivity contribution in [1.29, 1.82) is 0 Å². The fraction of sp³-hybridized carbons (Fsp3) is 0.286. The molecule has 0 bridgehead atoms. The van der Waals surface area contributed by atoms with Gasteiger partial charge in [0.2, 0.25) is 0 Å². The lowest BCUT2D eigenvalue weighted by atomic mass is 10.1. The van der Waals surface area contributed by atoms with E-state index in [0.29, 0.717) is 6.42 Å². The van der Waals surface area contributed by atoms with E-state index in [-0.39, 0.29) is 5.38 Å². The Bertz CT molecular complexity index is 497. The molecule has 17 heavy (non-hydrogen) atoms. The van der Waals surface area contributed by atoms with Crippen LogP contribution in [0.5, 0.6) is 0 Å². The Labute approximate surface area is 107 Å². The van der Waals surface area contributed by atoms with Gasteiger partial charge in [-0.3, -0.25) is 9.97 Å². The first-order chi connectivity index (χ1) is 8.16. The van der Waals surface area contributed by atoms with Crippen LogP contribution in [0.2, 0.25) is 0 Å². The zero-order valence-electron chi connectivity index (χ0n) is 10.0. The number of alkyl halides is 1. The Hall–Kier alpha value is -1.41. The Morgan fingerprint density at radius 3 is 2.59 bits per heavy atom. The molecule has 0 aliphatic carbocycles. The van der Waals surface area contributed by atoms with E-state index in [1.54, 1.807) is 6.20 Å². The molecule has 0 N–H and O–H groups in total. The van der Waals surface area contributed by atoms with E-state index in [4.69, 9.17) is 11.6 Å². The highest BCUT2D eigenvalue weighted by Crippen LogP contribution is 2.24. The lowest BCUT2D eigenvalue weighted by Gasteiger charge is -2.11. The Kier molecular flexibility index (Phi) is 3.75. The van der Waals surface area contributed by atoms with Gasteiger partial charge in [0, 0.05) is 12.6 Å². The first-order valence-electron chi connectivity index (χ1n) is 5.65. The number of aromatic nitrogens is 2. The summed E-state index contributed by atoms with van der Waals surface area (Å²) >= 11 is 6.40. The highest BCUT2D eigenvalue weighted by atomic mass is 35.5. The summed E-state index contributed by atoms with van der Waals surface area (Å²) in [4.78, 5) is 8.80. The molecule has 2 aromatic rings. The van der Waals surface area contributed by atoms with Gasteiger partial charge in [-0.2, -0.15) is 0 Å². The van der Waals surface area contributed by atoms with Crippen LogP contribution in [-0.4, -0.2) is 9.97 Å². The summed E-state index contributed by atoms with van der Waals surface area (Å²) in [5, 5.41) is -0.0500. The van der Waals surface area contributed by atoms with Gasteiger partial charge < -0.3 is 0 Å². The number of aryl methyl sites for hydroxylation is 2. The monoisotopic (exact) mass is 246 g/mol. The second-order valence-corrected chi connectivity index (χ2v) is 4.65. The van der Waals surface area contributed by atoms with Gasteiger partial charge in [0.1, 0.15) is 0 Å². The van der Waals surface area contributed by atoms with Gasteiger partial charge >= 0.3 is 0 Å². The summed E-state index contributed by atoms with van der Waals surface area (Å²) in [6.07, 6.45) is 2.50. The van der Waals surface area contributed by atoms with Crippen molar-refractivity contribution >= 4 is 11.6 Å². The Morgan fingerprint density at radius 1 is 1.18 bits per heavy atom. The van der Waals surface area contributed by atoms with Crippen molar-refractivity contribution in [3.05, 3.63) is 59.2 Å². The number of benzene rings is 1. The predicted octanol–water partition coefficient (Wildman–Crippen LogP) is 3.62. The molecule has 0 saturated heterocycles. The lowest BCUT2D eigenvalue weighted by Crippen LogP contribution is -2.03.